The van der Waals surface area contributed by atoms with Gasteiger partial charge in [-0.3, -0.25) is 9.52 Å². The molecule has 0 aliphatic rings. The molecule has 0 unspecified atom stereocenters. The Kier molecular flexibility index (Phi) is 5.82. The van der Waals surface area contributed by atoms with Gasteiger partial charge < -0.3 is 14.1 Å². The Balaban J connectivity index is 1.68. The molecule has 0 amide bonds. The van der Waals surface area contributed by atoms with Gasteiger partial charge in [-0.1, -0.05) is 12.1 Å². The van der Waals surface area contributed by atoms with E-state index in [4.69, 9.17) is 4.98 Å². The minimum absolute atomic E-state index is 0.151. The van der Waals surface area contributed by atoms with Crippen LogP contribution < -0.4 is 10.3 Å². The maximum atomic E-state index is 13.0. The monoisotopic (exact) mass is 530 g/mol. The lowest BCUT2D eigenvalue weighted by Gasteiger charge is -2.12. The normalized spacial score (nSPS) is 12.5. The summed E-state index contributed by atoms with van der Waals surface area (Å²) >= 11 is 0. The van der Waals surface area contributed by atoms with Crippen molar-refractivity contribution in [1.29, 1.82) is 0 Å². The van der Waals surface area contributed by atoms with Gasteiger partial charge in [0.15, 0.2) is 5.65 Å². The molecule has 37 heavy (non-hydrogen) atoms. The third kappa shape index (κ3) is 4.57. The number of aromatic amines is 1. The second kappa shape index (κ2) is 8.76. The largest absolute Gasteiger partial charge is 0.416 e. The number of fused-ring (bicyclic) bond motifs is 2. The molecule has 0 saturated heterocycles. The van der Waals surface area contributed by atoms with Crippen LogP contribution in [-0.4, -0.2) is 38.3 Å². The first kappa shape index (κ1) is 24.6. The molecule has 0 spiro atoms. The quantitative estimate of drug-likeness (QED) is 0.343. The molecule has 192 valence electrons. The molecule has 4 heterocycles. The third-order valence-electron chi connectivity index (χ3n) is 6.02. The minimum atomic E-state index is -4.44. The molecular weight excluding hydrogens is 509 g/mol. The van der Waals surface area contributed by atoms with E-state index in [1.807, 2.05) is 0 Å². The molecule has 9 nitrogen and oxygen atoms in total. The highest BCUT2D eigenvalue weighted by Gasteiger charge is 2.30. The van der Waals surface area contributed by atoms with Crippen molar-refractivity contribution in [2.45, 2.75) is 19.6 Å². The fourth-order valence-electron chi connectivity index (χ4n) is 4.07. The fourth-order valence-corrected chi connectivity index (χ4v) is 4.71. The number of aryl methyl sites for hydroxylation is 1. The summed E-state index contributed by atoms with van der Waals surface area (Å²) in [6, 6.07) is 8.03. The second-order valence-corrected chi connectivity index (χ2v) is 10.5. The Hall–Kier alpha value is -4.13. The van der Waals surface area contributed by atoms with Crippen molar-refractivity contribution < 1.29 is 21.6 Å². The number of nitrogens with one attached hydrogen (secondary N) is 2. The smallest absolute Gasteiger partial charge is 0.357 e. The fraction of sp³-hybridized carbons (Fsp3) is 0.208. The molecule has 4 aromatic heterocycles. The van der Waals surface area contributed by atoms with Gasteiger partial charge in [-0.05, 0) is 36.8 Å². The van der Waals surface area contributed by atoms with Crippen LogP contribution in [0.5, 0.6) is 0 Å². The molecule has 0 fully saturated rings. The molecule has 0 atom stereocenters. The van der Waals surface area contributed by atoms with E-state index >= 15 is 0 Å². The van der Waals surface area contributed by atoms with E-state index in [1.165, 1.54) is 30.0 Å². The zero-order chi connectivity index (χ0) is 26.5. The van der Waals surface area contributed by atoms with Crippen LogP contribution in [0.3, 0.4) is 0 Å². The summed E-state index contributed by atoms with van der Waals surface area (Å²) in [5, 5.41) is 0.605. The molecule has 5 aromatic rings. The lowest BCUT2D eigenvalue weighted by molar-refractivity contribution is -0.137. The van der Waals surface area contributed by atoms with Gasteiger partial charge in [0.25, 0.3) is 5.56 Å². The van der Waals surface area contributed by atoms with Crippen molar-refractivity contribution in [2.24, 2.45) is 7.05 Å². The summed E-state index contributed by atoms with van der Waals surface area (Å²) in [4.78, 5) is 24.5. The van der Waals surface area contributed by atoms with Gasteiger partial charge in [-0.2, -0.15) is 13.2 Å². The molecule has 13 heteroatoms. The van der Waals surface area contributed by atoms with Crippen LogP contribution in [0.1, 0.15) is 18.1 Å². The molecule has 0 aliphatic heterocycles. The van der Waals surface area contributed by atoms with Gasteiger partial charge in [0.2, 0.25) is 10.0 Å². The van der Waals surface area contributed by atoms with Gasteiger partial charge in [0, 0.05) is 30.4 Å². The van der Waals surface area contributed by atoms with E-state index in [1.54, 1.807) is 36.1 Å². The predicted octanol–water partition coefficient (Wildman–Crippen LogP) is 4.11. The van der Waals surface area contributed by atoms with E-state index in [0.717, 1.165) is 12.1 Å². The zero-order valence-electron chi connectivity index (χ0n) is 19.7. The Morgan fingerprint density at radius 1 is 1.14 bits per heavy atom. The number of benzene rings is 1. The Bertz CT molecular complexity index is 1800. The number of hydrogen-bond acceptors (Lipinski definition) is 5. The van der Waals surface area contributed by atoms with Crippen molar-refractivity contribution in [3.05, 3.63) is 76.6 Å². The molecule has 0 aliphatic carbocycles. The number of H-pyrrole nitrogens is 1. The number of halogens is 3. The van der Waals surface area contributed by atoms with Crippen LogP contribution in [0.15, 0.2) is 59.9 Å². The number of pyridine rings is 2. The first-order chi connectivity index (χ1) is 17.5. The van der Waals surface area contributed by atoms with Gasteiger partial charge in [-0.15, -0.1) is 0 Å². The van der Waals surface area contributed by atoms with Gasteiger partial charge in [0.1, 0.15) is 11.0 Å². The molecular formula is C24H21F3N6O3S. The molecule has 0 saturated carbocycles. The number of hydrogen-bond donors (Lipinski definition) is 2. The molecule has 0 bridgehead atoms. The summed E-state index contributed by atoms with van der Waals surface area (Å²) in [7, 11) is -2.08. The Morgan fingerprint density at radius 2 is 1.86 bits per heavy atom. The molecule has 2 N–H and O–H groups in total. The zero-order valence-corrected chi connectivity index (χ0v) is 20.5. The highest BCUT2D eigenvalue weighted by Crippen LogP contribution is 2.32. The molecule has 5 rings (SSSR count). The van der Waals surface area contributed by atoms with Crippen LogP contribution in [0, 0.1) is 0 Å². The van der Waals surface area contributed by atoms with E-state index in [9.17, 15) is 26.4 Å². The lowest BCUT2D eigenvalue weighted by Crippen LogP contribution is -2.17. The highest BCUT2D eigenvalue weighted by atomic mass is 32.2. The summed E-state index contributed by atoms with van der Waals surface area (Å²) in [5.74, 6) is -0.166. The summed E-state index contributed by atoms with van der Waals surface area (Å²) in [5.41, 5.74) is 1.73. The van der Waals surface area contributed by atoms with E-state index < -0.39 is 21.8 Å². The topological polar surface area (TPSA) is 115 Å². The van der Waals surface area contributed by atoms with Crippen molar-refractivity contribution in [3.8, 4) is 11.3 Å². The number of nitrogens with zero attached hydrogens (tertiary/aromatic N) is 4. The Morgan fingerprint density at radius 3 is 2.54 bits per heavy atom. The van der Waals surface area contributed by atoms with Gasteiger partial charge in [0.05, 0.1) is 35.6 Å². The van der Waals surface area contributed by atoms with Gasteiger partial charge in [-0.25, -0.2) is 18.4 Å². The van der Waals surface area contributed by atoms with E-state index in [2.05, 4.69) is 14.7 Å². The standard InChI is InChI=1S/C24H21F3N6O3S/c1-3-37(35,36)31-19-10-18(17-12-32(2)23(34)20-16(17)8-9-28-20)30-22-21(19)29-13-33(22)11-14-4-6-15(7-5-14)24(25,26)27/h4-10,12-13,28H,3,11H2,1-2H3,(H,30,31). The van der Waals surface area contributed by atoms with Crippen LogP contribution in [-0.2, 0) is 29.8 Å². The second-order valence-electron chi connectivity index (χ2n) is 8.53. The summed E-state index contributed by atoms with van der Waals surface area (Å²) in [6.07, 6.45) is 0.252. The third-order valence-corrected chi connectivity index (χ3v) is 7.31. The van der Waals surface area contributed by atoms with Crippen molar-refractivity contribution in [1.82, 2.24) is 24.1 Å². The number of sulfonamides is 1. The predicted molar refractivity (Wildman–Crippen MR) is 134 cm³/mol. The average Bonchev–Trinajstić information content (AvgIpc) is 3.49. The number of alkyl halides is 3. The Labute approximate surface area is 208 Å². The van der Waals surface area contributed by atoms with E-state index in [-0.39, 0.29) is 29.1 Å². The lowest BCUT2D eigenvalue weighted by atomic mass is 10.1. The number of rotatable bonds is 6. The maximum Gasteiger partial charge on any atom is 0.416 e. The van der Waals surface area contributed by atoms with Gasteiger partial charge >= 0.3 is 6.18 Å². The average molecular weight is 531 g/mol. The molecule has 1 aromatic carbocycles. The van der Waals surface area contributed by atoms with Crippen LogP contribution in [0.4, 0.5) is 18.9 Å². The number of imidazole rings is 1. The minimum Gasteiger partial charge on any atom is -0.357 e. The van der Waals surface area contributed by atoms with Crippen molar-refractivity contribution in [2.75, 3.05) is 10.5 Å². The highest BCUT2D eigenvalue weighted by molar-refractivity contribution is 7.92. The molecule has 0 radical (unpaired) electrons. The number of anilines is 1. The summed E-state index contributed by atoms with van der Waals surface area (Å²) in [6.45, 7) is 1.65. The van der Waals surface area contributed by atoms with Crippen LogP contribution >= 0.6 is 0 Å². The first-order valence-electron chi connectivity index (χ1n) is 11.2. The maximum absolute atomic E-state index is 13.0. The van der Waals surface area contributed by atoms with Crippen molar-refractivity contribution in [3.63, 3.8) is 0 Å². The first-order valence-corrected chi connectivity index (χ1v) is 12.8. The SMILES string of the molecule is CCS(=O)(=O)Nc1cc(-c2cn(C)c(=O)c3[nH]ccc23)nc2c1ncn2Cc1ccc(C(F)(F)F)cc1. The van der Waals surface area contributed by atoms with Crippen LogP contribution in [0.25, 0.3) is 33.3 Å². The van der Waals surface area contributed by atoms with Crippen molar-refractivity contribution >= 4 is 37.8 Å². The van der Waals surface area contributed by atoms with E-state index in [0.29, 0.717) is 33.4 Å². The summed E-state index contributed by atoms with van der Waals surface area (Å²) < 4.78 is 69.3. The van der Waals surface area contributed by atoms with Crippen LogP contribution in [0.2, 0.25) is 0 Å². The number of aromatic nitrogens is 5.